The van der Waals surface area contributed by atoms with Crippen molar-refractivity contribution >= 4 is 21.4 Å². The summed E-state index contributed by atoms with van der Waals surface area (Å²) < 4.78 is 26.9. The van der Waals surface area contributed by atoms with Gasteiger partial charge < -0.3 is 5.11 Å². The number of aryl methyl sites for hydroxylation is 1. The van der Waals surface area contributed by atoms with Crippen LogP contribution in [0, 0.1) is 6.92 Å². The largest absolute Gasteiger partial charge is 0.391 e. The molecule has 2 N–H and O–H groups in total. The lowest BCUT2D eigenvalue weighted by atomic mass is 10.3. The van der Waals surface area contributed by atoms with Gasteiger partial charge in [-0.1, -0.05) is 0 Å². The maximum absolute atomic E-state index is 12.2. The Hall–Kier alpha value is -1.35. The molecule has 0 bridgehead atoms. The van der Waals surface area contributed by atoms with Gasteiger partial charge in [-0.15, -0.1) is 11.3 Å². The maximum Gasteiger partial charge on any atom is 0.242 e. The van der Waals surface area contributed by atoms with Crippen LogP contribution in [0.5, 0.6) is 0 Å². The predicted molar refractivity (Wildman–Crippen MR) is 71.0 cm³/mol. The van der Waals surface area contributed by atoms with E-state index in [0.717, 1.165) is 0 Å². The fourth-order valence-corrected chi connectivity index (χ4v) is 4.28. The molecule has 2 rings (SSSR count). The van der Waals surface area contributed by atoms with Crippen LogP contribution in [-0.2, 0) is 23.2 Å². The van der Waals surface area contributed by atoms with Crippen LogP contribution in [0.2, 0.25) is 0 Å². The van der Waals surface area contributed by atoms with Crippen molar-refractivity contribution in [3.8, 4) is 0 Å². The fourth-order valence-electron chi connectivity index (χ4n) is 1.63. The predicted octanol–water partition coefficient (Wildman–Crippen LogP) is 0.817. The van der Waals surface area contributed by atoms with Crippen LogP contribution in [-0.4, -0.2) is 23.7 Å². The normalized spacial score (nSPS) is 11.7. The zero-order valence-electron chi connectivity index (χ0n) is 10.2. The molecular formula is C11H13N3O3S2. The summed E-state index contributed by atoms with van der Waals surface area (Å²) in [6.07, 6.45) is 1.52. The first kappa shape index (κ1) is 14.1. The van der Waals surface area contributed by atoms with Crippen LogP contribution in [0.15, 0.2) is 28.6 Å². The van der Waals surface area contributed by atoms with Gasteiger partial charge in [-0.25, -0.2) is 13.1 Å². The molecule has 19 heavy (non-hydrogen) atoms. The number of hydrogen-bond donors (Lipinski definition) is 2. The Labute approximate surface area is 115 Å². The van der Waals surface area contributed by atoms with Gasteiger partial charge in [0, 0.05) is 6.20 Å². The highest BCUT2D eigenvalue weighted by atomic mass is 32.2. The van der Waals surface area contributed by atoms with E-state index < -0.39 is 10.0 Å². The lowest BCUT2D eigenvalue weighted by molar-refractivity contribution is 0.282. The number of nitrogens with zero attached hydrogens (tertiary/aromatic N) is 2. The van der Waals surface area contributed by atoms with Crippen LogP contribution in [0.3, 0.4) is 0 Å². The molecule has 0 radical (unpaired) electrons. The van der Waals surface area contributed by atoms with Crippen LogP contribution in [0.25, 0.3) is 0 Å². The number of aliphatic hydroxyl groups is 1. The third kappa shape index (κ3) is 3.16. The van der Waals surface area contributed by atoms with E-state index in [9.17, 15) is 13.5 Å². The molecule has 0 aliphatic rings. The second kappa shape index (κ2) is 5.74. The molecule has 0 saturated heterocycles. The highest BCUT2D eigenvalue weighted by molar-refractivity contribution is 7.89. The van der Waals surface area contributed by atoms with E-state index in [2.05, 4.69) is 14.9 Å². The summed E-state index contributed by atoms with van der Waals surface area (Å²) in [5, 5.41) is 18.4. The Kier molecular flexibility index (Phi) is 4.25. The van der Waals surface area contributed by atoms with Gasteiger partial charge in [0.05, 0.1) is 23.7 Å². The van der Waals surface area contributed by atoms with Gasteiger partial charge >= 0.3 is 0 Å². The summed E-state index contributed by atoms with van der Waals surface area (Å²) in [6.45, 7) is 1.47. The van der Waals surface area contributed by atoms with Gasteiger partial charge in [0.2, 0.25) is 10.0 Å². The Morgan fingerprint density at radius 2 is 2.26 bits per heavy atom. The van der Waals surface area contributed by atoms with Crippen molar-refractivity contribution in [1.29, 1.82) is 0 Å². The summed E-state index contributed by atoms with van der Waals surface area (Å²) in [6, 6.07) is 3.37. The summed E-state index contributed by atoms with van der Waals surface area (Å²) >= 11 is 1.23. The Balaban J connectivity index is 2.21. The molecule has 0 unspecified atom stereocenters. The van der Waals surface area contributed by atoms with Crippen molar-refractivity contribution in [2.45, 2.75) is 25.0 Å². The average molecular weight is 299 g/mol. The minimum absolute atomic E-state index is 0.0658. The summed E-state index contributed by atoms with van der Waals surface area (Å²) in [5.74, 6) is 0. The highest BCUT2D eigenvalue weighted by Gasteiger charge is 2.22. The monoisotopic (exact) mass is 299 g/mol. The molecule has 2 aromatic rings. The zero-order valence-corrected chi connectivity index (χ0v) is 11.8. The number of aromatic nitrogens is 2. The molecule has 6 nitrogen and oxygen atoms in total. The first-order valence-corrected chi connectivity index (χ1v) is 7.85. The van der Waals surface area contributed by atoms with Gasteiger partial charge in [-0.2, -0.15) is 10.2 Å². The van der Waals surface area contributed by atoms with Gasteiger partial charge in [0.25, 0.3) is 0 Å². The van der Waals surface area contributed by atoms with Gasteiger partial charge in [0.1, 0.15) is 4.90 Å². The summed E-state index contributed by atoms with van der Waals surface area (Å²) in [7, 11) is -3.66. The summed E-state index contributed by atoms with van der Waals surface area (Å²) in [4.78, 5) is 0.591. The Morgan fingerprint density at radius 1 is 1.47 bits per heavy atom. The third-order valence-corrected chi connectivity index (χ3v) is 5.32. The van der Waals surface area contributed by atoms with Gasteiger partial charge in [0.15, 0.2) is 0 Å². The maximum atomic E-state index is 12.2. The topological polar surface area (TPSA) is 92.2 Å². The second-order valence-corrected chi connectivity index (χ2v) is 6.54. The van der Waals surface area contributed by atoms with Gasteiger partial charge in [-0.3, -0.25) is 0 Å². The molecule has 102 valence electrons. The lowest BCUT2D eigenvalue weighted by Crippen LogP contribution is -2.25. The highest BCUT2D eigenvalue weighted by Crippen LogP contribution is 2.26. The van der Waals surface area contributed by atoms with Crippen LogP contribution < -0.4 is 4.72 Å². The SMILES string of the molecule is Cc1csc(CO)c1S(=O)(=O)NCc1cccnn1. The molecule has 0 atom stereocenters. The molecule has 0 aliphatic heterocycles. The van der Waals surface area contributed by atoms with E-state index in [1.807, 2.05) is 0 Å². The average Bonchev–Trinajstić information content (AvgIpc) is 2.80. The first-order valence-electron chi connectivity index (χ1n) is 5.48. The second-order valence-electron chi connectivity index (χ2n) is 3.87. The molecular weight excluding hydrogens is 286 g/mol. The van der Waals surface area contributed by atoms with Crippen LogP contribution in [0.1, 0.15) is 16.1 Å². The number of aliphatic hydroxyl groups excluding tert-OH is 1. The van der Waals surface area contributed by atoms with Crippen molar-refractivity contribution in [1.82, 2.24) is 14.9 Å². The van der Waals surface area contributed by atoms with Crippen molar-refractivity contribution in [2.75, 3.05) is 0 Å². The molecule has 0 saturated carbocycles. The molecule has 0 aromatic carbocycles. The van der Waals surface area contributed by atoms with E-state index in [0.29, 0.717) is 16.1 Å². The smallest absolute Gasteiger partial charge is 0.242 e. The molecule has 2 heterocycles. The van der Waals surface area contributed by atoms with Crippen LogP contribution in [0.4, 0.5) is 0 Å². The van der Waals surface area contributed by atoms with E-state index in [1.165, 1.54) is 17.5 Å². The van der Waals surface area contributed by atoms with Crippen molar-refractivity contribution in [3.63, 3.8) is 0 Å². The van der Waals surface area contributed by atoms with Crippen molar-refractivity contribution in [3.05, 3.63) is 39.8 Å². The number of sulfonamides is 1. The molecule has 0 aliphatic carbocycles. The number of hydrogen-bond acceptors (Lipinski definition) is 6. The van der Waals surface area contributed by atoms with Gasteiger partial charge in [-0.05, 0) is 30.0 Å². The fraction of sp³-hybridized carbons (Fsp3) is 0.273. The molecule has 0 fully saturated rings. The number of rotatable bonds is 5. The number of thiophene rings is 1. The quantitative estimate of drug-likeness (QED) is 0.852. The minimum atomic E-state index is -3.66. The van der Waals surface area contributed by atoms with E-state index in [-0.39, 0.29) is 18.0 Å². The lowest BCUT2D eigenvalue weighted by Gasteiger charge is -2.07. The van der Waals surface area contributed by atoms with Crippen molar-refractivity contribution in [2.24, 2.45) is 0 Å². The third-order valence-electron chi connectivity index (χ3n) is 2.47. The molecule has 2 aromatic heterocycles. The van der Waals surface area contributed by atoms with E-state index in [1.54, 1.807) is 24.4 Å². The van der Waals surface area contributed by atoms with E-state index in [4.69, 9.17) is 0 Å². The number of nitrogens with one attached hydrogen (secondary N) is 1. The summed E-state index contributed by atoms with van der Waals surface area (Å²) in [5.41, 5.74) is 1.16. The van der Waals surface area contributed by atoms with E-state index >= 15 is 0 Å². The molecule has 8 heteroatoms. The zero-order chi connectivity index (χ0) is 13.9. The Bertz CT molecular complexity index is 653. The minimum Gasteiger partial charge on any atom is -0.391 e. The standard InChI is InChI=1S/C11H13N3O3S2/c1-8-7-18-10(6-15)11(8)19(16,17)13-5-9-3-2-4-12-14-9/h2-4,7,13,15H,5-6H2,1H3. The molecule has 0 spiro atoms. The first-order chi connectivity index (χ1) is 9.04. The van der Waals surface area contributed by atoms with Crippen molar-refractivity contribution < 1.29 is 13.5 Å². The van der Waals surface area contributed by atoms with Crippen LogP contribution >= 0.6 is 11.3 Å². The Morgan fingerprint density at radius 3 is 2.89 bits per heavy atom. The molecule has 0 amide bonds.